The number of rotatable bonds is 9. The molecule has 11 heteroatoms. The minimum absolute atomic E-state index is 0.0149. The number of hydrogen-bond acceptors (Lipinski definition) is 7. The van der Waals surface area contributed by atoms with Crippen LogP contribution in [-0.2, 0) is 20.9 Å². The number of anilines is 2. The number of carbonyl (C=O) groups excluding carboxylic acids is 3. The molecular formula is C31H34N6O5. The number of amides is 3. The van der Waals surface area contributed by atoms with Crippen molar-refractivity contribution in [1.29, 1.82) is 0 Å². The average Bonchev–Trinajstić information content (AvgIpc) is 3.39. The second-order valence-electron chi connectivity index (χ2n) is 10.4. The molecule has 1 heterocycles. The van der Waals surface area contributed by atoms with E-state index >= 15 is 0 Å². The lowest BCUT2D eigenvalue weighted by atomic mass is 9.94. The molecule has 42 heavy (non-hydrogen) atoms. The van der Waals surface area contributed by atoms with Crippen molar-refractivity contribution in [3.8, 4) is 11.5 Å². The van der Waals surface area contributed by atoms with Crippen LogP contribution in [0.3, 0.4) is 0 Å². The Morgan fingerprint density at radius 1 is 1.05 bits per heavy atom. The van der Waals surface area contributed by atoms with E-state index in [9.17, 15) is 19.5 Å². The summed E-state index contributed by atoms with van der Waals surface area (Å²) in [6, 6.07) is 17.5. The van der Waals surface area contributed by atoms with Crippen LogP contribution in [-0.4, -0.2) is 51.0 Å². The maximum atomic E-state index is 14.2. The summed E-state index contributed by atoms with van der Waals surface area (Å²) >= 11 is 0. The number of hydrogen-bond donors (Lipinski definition) is 3. The molecule has 0 aliphatic heterocycles. The third-order valence-corrected chi connectivity index (χ3v) is 7.42. The van der Waals surface area contributed by atoms with Gasteiger partial charge in [0.05, 0.1) is 12.6 Å². The van der Waals surface area contributed by atoms with Crippen LogP contribution in [0.2, 0.25) is 0 Å². The number of benzene rings is 3. The maximum Gasteiger partial charge on any atom is 0.249 e. The highest BCUT2D eigenvalue weighted by molar-refractivity contribution is 6.02. The molecule has 0 radical (unpaired) electrons. The second-order valence-corrected chi connectivity index (χ2v) is 10.4. The van der Waals surface area contributed by atoms with Crippen LogP contribution in [0.1, 0.15) is 50.6 Å². The Kier molecular flexibility index (Phi) is 8.66. The number of aromatic nitrogens is 3. The number of nitrogens with zero attached hydrogens (tertiary/aromatic N) is 4. The SMILES string of the molecule is COc1ccc(C(C(=O)NC2CCCCC2)N(C(=O)Cn2nnc3ccccc32)c2ccc(NC(C)=O)cc2)cc1O. The fraction of sp³-hybridized carbons (Fsp3) is 0.323. The molecule has 11 nitrogen and oxygen atoms in total. The Bertz CT molecular complexity index is 1580. The van der Waals surface area contributed by atoms with Crippen LogP contribution in [0.25, 0.3) is 11.0 Å². The smallest absolute Gasteiger partial charge is 0.249 e. The summed E-state index contributed by atoms with van der Waals surface area (Å²) in [5.41, 5.74) is 2.70. The van der Waals surface area contributed by atoms with Crippen molar-refractivity contribution in [2.24, 2.45) is 0 Å². The number of methoxy groups -OCH3 is 1. The van der Waals surface area contributed by atoms with Gasteiger partial charge in [-0.3, -0.25) is 19.3 Å². The highest BCUT2D eigenvalue weighted by atomic mass is 16.5. The van der Waals surface area contributed by atoms with Gasteiger partial charge in [0.15, 0.2) is 11.5 Å². The summed E-state index contributed by atoms with van der Waals surface area (Å²) in [6.07, 6.45) is 4.88. The van der Waals surface area contributed by atoms with E-state index in [0.29, 0.717) is 28.0 Å². The summed E-state index contributed by atoms with van der Waals surface area (Å²) in [5, 5.41) is 24.9. The molecule has 1 aliphatic carbocycles. The number of ether oxygens (including phenoxy) is 1. The molecule has 1 aromatic heterocycles. The second kappa shape index (κ2) is 12.7. The van der Waals surface area contributed by atoms with E-state index in [-0.39, 0.29) is 35.9 Å². The molecule has 5 rings (SSSR count). The molecule has 4 aromatic rings. The first-order chi connectivity index (χ1) is 20.3. The lowest BCUT2D eigenvalue weighted by Crippen LogP contribution is -2.48. The Balaban J connectivity index is 1.58. The standard InChI is InChI=1S/C31H34N6O5/c1-20(38)32-23-13-15-24(16-14-23)37(29(40)19-36-26-11-7-6-10-25(26)34-35-36)30(21-12-17-28(42-2)27(39)18-21)31(41)33-22-8-4-3-5-9-22/h6-7,10-18,22,30,39H,3-5,8-9,19H2,1-2H3,(H,32,38)(H,33,41). The Morgan fingerprint density at radius 2 is 1.79 bits per heavy atom. The van der Waals surface area contributed by atoms with Crippen molar-refractivity contribution in [2.75, 3.05) is 17.3 Å². The number of nitrogens with one attached hydrogen (secondary N) is 2. The number of phenols is 1. The normalized spacial score (nSPS) is 14.2. The number of carbonyl (C=O) groups is 3. The van der Waals surface area contributed by atoms with E-state index in [2.05, 4.69) is 20.9 Å². The topological polar surface area (TPSA) is 139 Å². The van der Waals surface area contributed by atoms with Gasteiger partial charge < -0.3 is 20.5 Å². The summed E-state index contributed by atoms with van der Waals surface area (Å²) in [5.74, 6) is -0.920. The summed E-state index contributed by atoms with van der Waals surface area (Å²) < 4.78 is 6.72. The number of fused-ring (bicyclic) bond motifs is 1. The van der Waals surface area contributed by atoms with Gasteiger partial charge in [-0.05, 0) is 66.9 Å². The van der Waals surface area contributed by atoms with Gasteiger partial charge in [0.25, 0.3) is 0 Å². The first-order valence-corrected chi connectivity index (χ1v) is 14.0. The van der Waals surface area contributed by atoms with Crippen LogP contribution in [0, 0.1) is 0 Å². The van der Waals surface area contributed by atoms with Gasteiger partial charge in [-0.15, -0.1) is 5.10 Å². The maximum absolute atomic E-state index is 14.2. The minimum Gasteiger partial charge on any atom is -0.504 e. The van der Waals surface area contributed by atoms with E-state index in [0.717, 1.165) is 32.1 Å². The van der Waals surface area contributed by atoms with Crippen LogP contribution in [0.15, 0.2) is 66.7 Å². The molecule has 3 amide bonds. The van der Waals surface area contributed by atoms with E-state index in [1.165, 1.54) is 29.7 Å². The Morgan fingerprint density at radius 3 is 2.48 bits per heavy atom. The Labute approximate surface area is 243 Å². The van der Waals surface area contributed by atoms with Crippen LogP contribution >= 0.6 is 0 Å². The molecule has 0 spiro atoms. The highest BCUT2D eigenvalue weighted by Gasteiger charge is 2.35. The lowest BCUT2D eigenvalue weighted by Gasteiger charge is -2.33. The van der Waals surface area contributed by atoms with Crippen molar-refractivity contribution in [3.63, 3.8) is 0 Å². The van der Waals surface area contributed by atoms with Gasteiger partial charge in [0.2, 0.25) is 17.7 Å². The average molecular weight is 571 g/mol. The van der Waals surface area contributed by atoms with E-state index < -0.39 is 11.9 Å². The monoisotopic (exact) mass is 570 g/mol. The molecule has 3 aromatic carbocycles. The molecule has 218 valence electrons. The van der Waals surface area contributed by atoms with Gasteiger partial charge in [-0.25, -0.2) is 4.68 Å². The molecule has 1 saturated carbocycles. The van der Waals surface area contributed by atoms with Crippen LogP contribution in [0.5, 0.6) is 11.5 Å². The molecule has 1 fully saturated rings. The van der Waals surface area contributed by atoms with Gasteiger partial charge in [0.1, 0.15) is 18.1 Å². The largest absolute Gasteiger partial charge is 0.504 e. The number of aromatic hydroxyl groups is 1. The van der Waals surface area contributed by atoms with Crippen molar-refractivity contribution in [2.45, 2.75) is 57.7 Å². The van der Waals surface area contributed by atoms with E-state index in [4.69, 9.17) is 4.74 Å². The number of phenolic OH excluding ortho intramolecular Hbond substituents is 1. The molecular weight excluding hydrogens is 536 g/mol. The Hall–Kier alpha value is -4.93. The van der Waals surface area contributed by atoms with Crippen LogP contribution in [0.4, 0.5) is 11.4 Å². The summed E-state index contributed by atoms with van der Waals surface area (Å²) in [4.78, 5) is 41.4. The van der Waals surface area contributed by atoms with Crippen molar-refractivity contribution < 1.29 is 24.2 Å². The number of para-hydroxylation sites is 1. The van der Waals surface area contributed by atoms with Gasteiger partial charge >= 0.3 is 0 Å². The van der Waals surface area contributed by atoms with Crippen molar-refractivity contribution >= 4 is 40.1 Å². The fourth-order valence-corrected chi connectivity index (χ4v) is 5.41. The van der Waals surface area contributed by atoms with Gasteiger partial charge in [-0.2, -0.15) is 0 Å². The molecule has 1 atom stereocenters. The molecule has 1 aliphatic rings. The quantitative estimate of drug-likeness (QED) is 0.272. The zero-order valence-electron chi connectivity index (χ0n) is 23.6. The lowest BCUT2D eigenvalue weighted by molar-refractivity contribution is -0.127. The zero-order chi connectivity index (χ0) is 29.6. The molecule has 0 bridgehead atoms. The van der Waals surface area contributed by atoms with Crippen LogP contribution < -0.4 is 20.3 Å². The predicted molar refractivity (Wildman–Crippen MR) is 158 cm³/mol. The zero-order valence-corrected chi connectivity index (χ0v) is 23.6. The van der Waals surface area contributed by atoms with Crippen molar-refractivity contribution in [1.82, 2.24) is 20.3 Å². The van der Waals surface area contributed by atoms with E-state index in [1.807, 2.05) is 24.3 Å². The first kappa shape index (κ1) is 28.6. The van der Waals surface area contributed by atoms with Gasteiger partial charge in [-0.1, -0.05) is 42.7 Å². The summed E-state index contributed by atoms with van der Waals surface area (Å²) in [6.45, 7) is 1.22. The van der Waals surface area contributed by atoms with Gasteiger partial charge in [0, 0.05) is 24.3 Å². The van der Waals surface area contributed by atoms with E-state index in [1.54, 1.807) is 36.4 Å². The fourth-order valence-electron chi connectivity index (χ4n) is 5.41. The predicted octanol–water partition coefficient (Wildman–Crippen LogP) is 4.33. The third-order valence-electron chi connectivity index (χ3n) is 7.42. The molecule has 1 unspecified atom stereocenters. The minimum atomic E-state index is -1.13. The highest BCUT2D eigenvalue weighted by Crippen LogP contribution is 2.35. The van der Waals surface area contributed by atoms with Crippen molar-refractivity contribution in [3.05, 3.63) is 72.3 Å². The summed E-state index contributed by atoms with van der Waals surface area (Å²) in [7, 11) is 1.44. The molecule has 3 N–H and O–H groups in total. The third kappa shape index (κ3) is 6.35. The first-order valence-electron chi connectivity index (χ1n) is 14.0. The molecule has 0 saturated heterocycles.